The molecule has 0 radical (unpaired) electrons. The summed E-state index contributed by atoms with van der Waals surface area (Å²) in [5.41, 5.74) is 1.13. The van der Waals surface area contributed by atoms with Crippen molar-refractivity contribution in [2.24, 2.45) is 0 Å². The van der Waals surface area contributed by atoms with Gasteiger partial charge in [0, 0.05) is 24.7 Å². The van der Waals surface area contributed by atoms with E-state index in [2.05, 4.69) is 10.6 Å². The molecule has 0 spiro atoms. The third-order valence-electron chi connectivity index (χ3n) is 1.86. The number of anilines is 1. The van der Waals surface area contributed by atoms with Crippen LogP contribution in [-0.2, 0) is 4.79 Å². The van der Waals surface area contributed by atoms with Crippen molar-refractivity contribution in [2.45, 2.75) is 6.92 Å². The van der Waals surface area contributed by atoms with Gasteiger partial charge in [-0.1, -0.05) is 0 Å². The van der Waals surface area contributed by atoms with Gasteiger partial charge in [0.05, 0.1) is 6.61 Å². The lowest BCUT2D eigenvalue weighted by molar-refractivity contribution is -0.114. The number of carbonyl (C=O) groups is 2. The second kappa shape index (κ2) is 5.87. The number of benzene rings is 1. The van der Waals surface area contributed by atoms with E-state index in [-0.39, 0.29) is 25.0 Å². The first-order chi connectivity index (χ1) is 7.63. The lowest BCUT2D eigenvalue weighted by Gasteiger charge is -2.05. The van der Waals surface area contributed by atoms with Crippen LogP contribution in [0.3, 0.4) is 0 Å². The number of aliphatic hydroxyl groups excluding tert-OH is 1. The van der Waals surface area contributed by atoms with Gasteiger partial charge in [0.1, 0.15) is 0 Å². The molecule has 5 nitrogen and oxygen atoms in total. The van der Waals surface area contributed by atoms with Gasteiger partial charge in [-0.05, 0) is 24.3 Å². The van der Waals surface area contributed by atoms with E-state index in [0.717, 1.165) is 0 Å². The molecular weight excluding hydrogens is 208 g/mol. The van der Waals surface area contributed by atoms with E-state index in [4.69, 9.17) is 5.11 Å². The monoisotopic (exact) mass is 222 g/mol. The fraction of sp³-hybridized carbons (Fsp3) is 0.273. The predicted molar refractivity (Wildman–Crippen MR) is 60.2 cm³/mol. The SMILES string of the molecule is CC(=O)Nc1ccc(C(=O)NCCO)cc1. The molecule has 5 heteroatoms. The Hall–Kier alpha value is -1.88. The van der Waals surface area contributed by atoms with Crippen LogP contribution in [0.25, 0.3) is 0 Å². The van der Waals surface area contributed by atoms with E-state index >= 15 is 0 Å². The zero-order valence-electron chi connectivity index (χ0n) is 8.99. The van der Waals surface area contributed by atoms with Crippen molar-refractivity contribution in [3.8, 4) is 0 Å². The largest absolute Gasteiger partial charge is 0.395 e. The minimum absolute atomic E-state index is 0.0876. The van der Waals surface area contributed by atoms with Crippen LogP contribution < -0.4 is 10.6 Å². The summed E-state index contributed by atoms with van der Waals surface area (Å²) >= 11 is 0. The van der Waals surface area contributed by atoms with Crippen molar-refractivity contribution in [3.05, 3.63) is 29.8 Å². The predicted octanol–water partition coefficient (Wildman–Crippen LogP) is 0.367. The van der Waals surface area contributed by atoms with Crippen LogP contribution in [0, 0.1) is 0 Å². The van der Waals surface area contributed by atoms with Crippen molar-refractivity contribution in [1.82, 2.24) is 5.32 Å². The summed E-state index contributed by atoms with van der Waals surface area (Å²) in [6, 6.07) is 6.51. The highest BCUT2D eigenvalue weighted by Crippen LogP contribution is 2.09. The van der Waals surface area contributed by atoms with Crippen LogP contribution in [0.1, 0.15) is 17.3 Å². The highest BCUT2D eigenvalue weighted by Gasteiger charge is 2.04. The molecule has 0 atom stereocenters. The molecule has 1 aromatic rings. The summed E-state index contributed by atoms with van der Waals surface area (Å²) in [6.07, 6.45) is 0. The molecule has 0 heterocycles. The average molecular weight is 222 g/mol. The van der Waals surface area contributed by atoms with Crippen LogP contribution in [-0.4, -0.2) is 30.1 Å². The van der Waals surface area contributed by atoms with Gasteiger partial charge in [0.2, 0.25) is 5.91 Å². The van der Waals surface area contributed by atoms with Gasteiger partial charge < -0.3 is 15.7 Å². The quantitative estimate of drug-likeness (QED) is 0.688. The molecule has 86 valence electrons. The molecule has 3 N–H and O–H groups in total. The molecule has 16 heavy (non-hydrogen) atoms. The molecule has 0 bridgehead atoms. The number of carbonyl (C=O) groups excluding carboxylic acids is 2. The second-order valence-corrected chi connectivity index (χ2v) is 3.24. The highest BCUT2D eigenvalue weighted by atomic mass is 16.3. The Kier molecular flexibility index (Phi) is 4.47. The Morgan fingerprint density at radius 3 is 2.38 bits per heavy atom. The Labute approximate surface area is 93.5 Å². The van der Waals surface area contributed by atoms with Crippen molar-refractivity contribution < 1.29 is 14.7 Å². The van der Waals surface area contributed by atoms with Gasteiger partial charge in [-0.15, -0.1) is 0 Å². The third kappa shape index (κ3) is 3.70. The van der Waals surface area contributed by atoms with Crippen molar-refractivity contribution >= 4 is 17.5 Å². The molecule has 0 aliphatic carbocycles. The second-order valence-electron chi connectivity index (χ2n) is 3.24. The molecule has 0 aliphatic rings. The number of aliphatic hydroxyl groups is 1. The topological polar surface area (TPSA) is 78.4 Å². The van der Waals surface area contributed by atoms with Crippen LogP contribution >= 0.6 is 0 Å². The number of rotatable bonds is 4. The molecule has 0 saturated heterocycles. The molecule has 1 rings (SSSR count). The fourth-order valence-electron chi connectivity index (χ4n) is 1.18. The maximum absolute atomic E-state index is 11.4. The van der Waals surface area contributed by atoms with Crippen molar-refractivity contribution in [3.63, 3.8) is 0 Å². The first kappa shape index (κ1) is 12.2. The molecule has 1 aromatic carbocycles. The first-order valence-corrected chi connectivity index (χ1v) is 4.90. The summed E-state index contributed by atoms with van der Waals surface area (Å²) in [5, 5.41) is 13.7. The maximum Gasteiger partial charge on any atom is 0.251 e. The van der Waals surface area contributed by atoms with E-state index in [9.17, 15) is 9.59 Å². The van der Waals surface area contributed by atoms with Crippen LogP contribution in [0.4, 0.5) is 5.69 Å². The Bertz CT molecular complexity index is 373. The summed E-state index contributed by atoms with van der Waals surface area (Å²) in [5.74, 6) is -0.402. The fourth-order valence-corrected chi connectivity index (χ4v) is 1.18. The molecule has 2 amide bonds. The number of hydrogen-bond acceptors (Lipinski definition) is 3. The zero-order chi connectivity index (χ0) is 12.0. The normalized spacial score (nSPS) is 9.62. The van der Waals surface area contributed by atoms with Crippen LogP contribution in [0.15, 0.2) is 24.3 Å². The van der Waals surface area contributed by atoms with Crippen LogP contribution in [0.5, 0.6) is 0 Å². The van der Waals surface area contributed by atoms with Gasteiger partial charge >= 0.3 is 0 Å². The zero-order valence-corrected chi connectivity index (χ0v) is 8.99. The molecule has 0 saturated carbocycles. The molecule has 0 aliphatic heterocycles. The van der Waals surface area contributed by atoms with E-state index in [1.807, 2.05) is 0 Å². The summed E-state index contributed by atoms with van der Waals surface area (Å²) in [4.78, 5) is 22.2. The lowest BCUT2D eigenvalue weighted by atomic mass is 10.2. The molecule has 0 aromatic heterocycles. The van der Waals surface area contributed by atoms with E-state index in [0.29, 0.717) is 11.3 Å². The van der Waals surface area contributed by atoms with Crippen LogP contribution in [0.2, 0.25) is 0 Å². The van der Waals surface area contributed by atoms with E-state index in [1.165, 1.54) is 6.92 Å². The van der Waals surface area contributed by atoms with E-state index < -0.39 is 0 Å². The van der Waals surface area contributed by atoms with Gasteiger partial charge in [-0.2, -0.15) is 0 Å². The number of hydrogen-bond donors (Lipinski definition) is 3. The van der Waals surface area contributed by atoms with Gasteiger partial charge in [0.25, 0.3) is 5.91 Å². The smallest absolute Gasteiger partial charge is 0.251 e. The number of nitrogens with one attached hydrogen (secondary N) is 2. The lowest BCUT2D eigenvalue weighted by Crippen LogP contribution is -2.26. The Morgan fingerprint density at radius 2 is 1.88 bits per heavy atom. The van der Waals surface area contributed by atoms with Crippen molar-refractivity contribution in [2.75, 3.05) is 18.5 Å². The summed E-state index contributed by atoms with van der Waals surface area (Å²) in [7, 11) is 0. The molecule has 0 unspecified atom stereocenters. The van der Waals surface area contributed by atoms with Gasteiger partial charge in [-0.3, -0.25) is 9.59 Å². The number of amides is 2. The standard InChI is InChI=1S/C11H14N2O3/c1-8(15)13-10-4-2-9(3-5-10)11(16)12-6-7-14/h2-5,14H,6-7H2,1H3,(H,12,16)(H,13,15). The molecular formula is C11H14N2O3. The first-order valence-electron chi connectivity index (χ1n) is 4.90. The minimum atomic E-state index is -0.247. The summed E-state index contributed by atoms with van der Waals surface area (Å²) in [6.45, 7) is 1.56. The Balaban J connectivity index is 2.63. The van der Waals surface area contributed by atoms with Crippen molar-refractivity contribution in [1.29, 1.82) is 0 Å². The minimum Gasteiger partial charge on any atom is -0.395 e. The third-order valence-corrected chi connectivity index (χ3v) is 1.86. The van der Waals surface area contributed by atoms with E-state index in [1.54, 1.807) is 24.3 Å². The van der Waals surface area contributed by atoms with Gasteiger partial charge in [0.15, 0.2) is 0 Å². The maximum atomic E-state index is 11.4. The van der Waals surface area contributed by atoms with Gasteiger partial charge in [-0.25, -0.2) is 0 Å². The highest BCUT2D eigenvalue weighted by molar-refractivity contribution is 5.95. The summed E-state index contributed by atoms with van der Waals surface area (Å²) < 4.78 is 0. The Morgan fingerprint density at radius 1 is 1.25 bits per heavy atom. The average Bonchev–Trinajstić information content (AvgIpc) is 2.26. The molecule has 0 fully saturated rings.